The highest BCUT2D eigenvalue weighted by Crippen LogP contribution is 2.30. The summed E-state index contributed by atoms with van der Waals surface area (Å²) in [6, 6.07) is 10.7. The summed E-state index contributed by atoms with van der Waals surface area (Å²) in [6.07, 6.45) is 5.47. The monoisotopic (exact) mass is 450 g/mol. The van der Waals surface area contributed by atoms with Crippen LogP contribution in [0.3, 0.4) is 0 Å². The highest BCUT2D eigenvalue weighted by molar-refractivity contribution is 7.13. The van der Waals surface area contributed by atoms with Crippen LogP contribution in [0.15, 0.2) is 46.3 Å². The predicted octanol–water partition coefficient (Wildman–Crippen LogP) is 3.34. The number of rotatable bonds is 6. The second-order valence-corrected chi connectivity index (χ2v) is 8.61. The van der Waals surface area contributed by atoms with Gasteiger partial charge in [0.1, 0.15) is 5.54 Å². The molecule has 4 rings (SSSR count). The fraction of sp³-hybridized carbons (Fsp3) is 0.318. The second kappa shape index (κ2) is 9.20. The summed E-state index contributed by atoms with van der Waals surface area (Å²) in [5, 5.41) is 18.9. The number of amides is 2. The minimum absolute atomic E-state index is 0.323. The minimum Gasteiger partial charge on any atom is -0.338 e. The van der Waals surface area contributed by atoms with E-state index in [4.69, 9.17) is 9.78 Å². The van der Waals surface area contributed by atoms with E-state index in [-0.39, 0.29) is 11.8 Å². The molecule has 0 saturated heterocycles. The lowest BCUT2D eigenvalue weighted by atomic mass is 9.80. The number of carbonyl (C=O) groups is 2. The van der Waals surface area contributed by atoms with Gasteiger partial charge in [-0.25, -0.2) is 10.4 Å². The largest absolute Gasteiger partial charge is 0.338 e. The maximum absolute atomic E-state index is 13.0. The van der Waals surface area contributed by atoms with Gasteiger partial charge in [-0.1, -0.05) is 42.6 Å². The van der Waals surface area contributed by atoms with Crippen molar-refractivity contribution in [3.05, 3.63) is 47.3 Å². The molecule has 0 spiro atoms. The zero-order valence-corrected chi connectivity index (χ0v) is 18.3. The van der Waals surface area contributed by atoms with Crippen molar-refractivity contribution in [3.8, 4) is 28.3 Å². The van der Waals surface area contributed by atoms with Gasteiger partial charge in [-0.2, -0.15) is 10.2 Å². The Balaban J connectivity index is 1.50. The maximum Gasteiger partial charge on any atom is 0.268 e. The zero-order chi connectivity index (χ0) is 22.6. The van der Waals surface area contributed by atoms with E-state index in [0.29, 0.717) is 30.1 Å². The third-order valence-electron chi connectivity index (χ3n) is 5.55. The summed E-state index contributed by atoms with van der Waals surface area (Å²) in [7, 11) is 1.48. The molecule has 0 aliphatic heterocycles. The number of nitriles is 1. The molecule has 1 aliphatic rings. The molecule has 2 aromatic heterocycles. The van der Waals surface area contributed by atoms with Crippen LogP contribution < -0.4 is 10.7 Å². The number of benzene rings is 1. The van der Waals surface area contributed by atoms with Gasteiger partial charge in [0, 0.05) is 18.2 Å². The average molecular weight is 451 g/mol. The summed E-state index contributed by atoms with van der Waals surface area (Å²) in [4.78, 5) is 31.3. The van der Waals surface area contributed by atoms with Crippen molar-refractivity contribution in [1.82, 2.24) is 25.9 Å². The Morgan fingerprint density at radius 3 is 2.59 bits per heavy atom. The van der Waals surface area contributed by atoms with Gasteiger partial charge in [0.05, 0.1) is 4.88 Å². The molecule has 0 atom stereocenters. The number of hydrogen-bond acceptors (Lipinski definition) is 8. The Kier molecular flexibility index (Phi) is 6.18. The first-order chi connectivity index (χ1) is 15.5. The number of aromatic nitrogens is 2. The van der Waals surface area contributed by atoms with Crippen LogP contribution in [0.1, 0.15) is 42.5 Å². The SMILES string of the molecule is CN(NC#N)C(=O)C1(NC(=O)c2ccc(-c3noc(-c4cccs4)n3)cc2)CCCCC1. The van der Waals surface area contributed by atoms with Crippen LogP contribution in [-0.4, -0.2) is 39.6 Å². The first kappa shape index (κ1) is 21.5. The lowest BCUT2D eigenvalue weighted by Crippen LogP contribution is -2.61. The Morgan fingerprint density at radius 1 is 1.19 bits per heavy atom. The van der Waals surface area contributed by atoms with Gasteiger partial charge in [0.15, 0.2) is 6.19 Å². The summed E-state index contributed by atoms with van der Waals surface area (Å²) in [5.74, 6) is 0.217. The van der Waals surface area contributed by atoms with Gasteiger partial charge in [0.25, 0.3) is 17.7 Å². The van der Waals surface area contributed by atoms with Crippen LogP contribution >= 0.6 is 11.3 Å². The molecule has 1 saturated carbocycles. The van der Waals surface area contributed by atoms with Crippen molar-refractivity contribution >= 4 is 23.2 Å². The van der Waals surface area contributed by atoms with Crippen LogP contribution in [0.2, 0.25) is 0 Å². The molecule has 0 bridgehead atoms. The Labute approximate surface area is 189 Å². The number of hydrazine groups is 1. The number of hydrogen-bond donors (Lipinski definition) is 2. The third kappa shape index (κ3) is 4.33. The smallest absolute Gasteiger partial charge is 0.268 e. The van der Waals surface area contributed by atoms with E-state index in [1.165, 1.54) is 18.4 Å². The van der Waals surface area contributed by atoms with Gasteiger partial charge < -0.3 is 9.84 Å². The fourth-order valence-corrected chi connectivity index (χ4v) is 4.54. The van der Waals surface area contributed by atoms with Crippen LogP contribution in [0.5, 0.6) is 0 Å². The zero-order valence-electron chi connectivity index (χ0n) is 17.5. The van der Waals surface area contributed by atoms with Crippen molar-refractivity contribution in [2.24, 2.45) is 0 Å². The Hall–Kier alpha value is -3.71. The quantitative estimate of drug-likeness (QED) is 0.335. The van der Waals surface area contributed by atoms with Gasteiger partial charge in [-0.05, 0) is 36.4 Å². The highest BCUT2D eigenvalue weighted by atomic mass is 32.1. The standard InChI is InChI=1S/C22H22N6O3S/c1-28(24-14-23)21(30)22(11-3-2-4-12-22)26-19(29)16-9-7-15(8-10-16)18-25-20(31-27-18)17-6-5-13-32-17/h5-10,13,24H,2-4,11-12H2,1H3,(H,26,29). The van der Waals surface area contributed by atoms with Gasteiger partial charge in [0.2, 0.25) is 5.82 Å². The molecule has 0 radical (unpaired) electrons. The molecule has 2 heterocycles. The maximum atomic E-state index is 13.0. The van der Waals surface area contributed by atoms with E-state index in [1.54, 1.807) is 30.5 Å². The highest BCUT2D eigenvalue weighted by Gasteiger charge is 2.43. The number of carbonyl (C=O) groups excluding carboxylic acids is 2. The summed E-state index contributed by atoms with van der Waals surface area (Å²) in [5.41, 5.74) is 2.44. The first-order valence-corrected chi connectivity index (χ1v) is 11.1. The molecule has 1 aliphatic carbocycles. The van der Waals surface area contributed by atoms with E-state index in [0.717, 1.165) is 34.7 Å². The van der Waals surface area contributed by atoms with E-state index in [1.807, 2.05) is 17.5 Å². The molecule has 9 nitrogen and oxygen atoms in total. The summed E-state index contributed by atoms with van der Waals surface area (Å²) in [6.45, 7) is 0. The molecule has 164 valence electrons. The number of likely N-dealkylation sites (N-methyl/N-ethyl adjacent to an activating group) is 1. The van der Waals surface area contributed by atoms with Crippen molar-refractivity contribution in [2.45, 2.75) is 37.6 Å². The van der Waals surface area contributed by atoms with Crippen LogP contribution in [0.4, 0.5) is 0 Å². The minimum atomic E-state index is -1.03. The van der Waals surface area contributed by atoms with Crippen molar-refractivity contribution in [2.75, 3.05) is 7.05 Å². The second-order valence-electron chi connectivity index (χ2n) is 7.66. The molecular formula is C22H22N6O3S. The Morgan fingerprint density at radius 2 is 1.94 bits per heavy atom. The topological polar surface area (TPSA) is 124 Å². The molecule has 3 aromatic rings. The number of nitrogens with zero attached hydrogens (tertiary/aromatic N) is 4. The Bertz CT molecular complexity index is 1130. The summed E-state index contributed by atoms with van der Waals surface area (Å²) < 4.78 is 5.32. The van der Waals surface area contributed by atoms with Gasteiger partial charge >= 0.3 is 0 Å². The van der Waals surface area contributed by atoms with Gasteiger partial charge in [-0.3, -0.25) is 9.59 Å². The molecule has 2 N–H and O–H groups in total. The average Bonchev–Trinajstić information content (AvgIpc) is 3.51. The van der Waals surface area contributed by atoms with Crippen LogP contribution in [0, 0.1) is 11.5 Å². The lowest BCUT2D eigenvalue weighted by molar-refractivity contribution is -0.140. The summed E-state index contributed by atoms with van der Waals surface area (Å²) >= 11 is 1.51. The van der Waals surface area contributed by atoms with E-state index >= 15 is 0 Å². The number of nitrogens with one attached hydrogen (secondary N) is 2. The van der Waals surface area contributed by atoms with E-state index in [9.17, 15) is 9.59 Å². The molecule has 1 aromatic carbocycles. The molecule has 1 fully saturated rings. The van der Waals surface area contributed by atoms with Crippen molar-refractivity contribution in [1.29, 1.82) is 5.26 Å². The third-order valence-corrected chi connectivity index (χ3v) is 6.41. The van der Waals surface area contributed by atoms with Crippen molar-refractivity contribution < 1.29 is 14.1 Å². The van der Waals surface area contributed by atoms with Gasteiger partial charge in [-0.15, -0.1) is 11.3 Å². The molecule has 2 amide bonds. The molecule has 10 heteroatoms. The molecular weight excluding hydrogens is 428 g/mol. The van der Waals surface area contributed by atoms with Crippen molar-refractivity contribution in [3.63, 3.8) is 0 Å². The normalized spacial score (nSPS) is 14.9. The van der Waals surface area contributed by atoms with E-state index < -0.39 is 5.54 Å². The van der Waals surface area contributed by atoms with Crippen LogP contribution in [0.25, 0.3) is 22.2 Å². The van der Waals surface area contributed by atoms with E-state index in [2.05, 4.69) is 20.9 Å². The predicted molar refractivity (Wildman–Crippen MR) is 118 cm³/mol. The molecule has 0 unspecified atom stereocenters. The number of thiophene rings is 1. The molecule has 32 heavy (non-hydrogen) atoms. The first-order valence-electron chi connectivity index (χ1n) is 10.3. The van der Waals surface area contributed by atoms with Crippen LogP contribution in [-0.2, 0) is 4.79 Å². The lowest BCUT2D eigenvalue weighted by Gasteiger charge is -2.38. The fourth-order valence-electron chi connectivity index (χ4n) is 3.90.